The van der Waals surface area contributed by atoms with Gasteiger partial charge in [0.25, 0.3) is 5.56 Å². The lowest BCUT2D eigenvalue weighted by atomic mass is 10.0. The highest BCUT2D eigenvalue weighted by molar-refractivity contribution is 5.77. The Hall–Kier alpha value is -2.95. The molecule has 134 valence electrons. The number of para-hydroxylation sites is 1. The second-order valence-electron chi connectivity index (χ2n) is 6.61. The molecule has 1 atom stereocenters. The van der Waals surface area contributed by atoms with E-state index in [1.807, 2.05) is 31.2 Å². The lowest BCUT2D eigenvalue weighted by Gasteiger charge is -2.15. The number of nitrogens with zero attached hydrogens (tertiary/aromatic N) is 2. The molecule has 0 radical (unpaired) electrons. The Kier molecular flexibility index (Phi) is 5.46. The predicted octanol–water partition coefficient (Wildman–Crippen LogP) is 2.84. The molecule has 3 aromatic rings. The van der Waals surface area contributed by atoms with Gasteiger partial charge >= 0.3 is 0 Å². The minimum Gasteiger partial charge on any atom is -0.353 e. The molecule has 5 nitrogen and oxygen atoms in total. The summed E-state index contributed by atoms with van der Waals surface area (Å²) in [4.78, 5) is 28.9. The topological polar surface area (TPSA) is 64.0 Å². The number of carbonyl (C=O) groups is 1. The van der Waals surface area contributed by atoms with Crippen LogP contribution in [-0.2, 0) is 17.8 Å². The summed E-state index contributed by atoms with van der Waals surface area (Å²) in [7, 11) is 0. The third-order valence-electron chi connectivity index (χ3n) is 4.51. The SMILES string of the molecule is Cc1ccccc1CC(C)NC(=O)CCn1cnc2ccccc2c1=O. The molecule has 0 aliphatic heterocycles. The number of benzene rings is 2. The van der Waals surface area contributed by atoms with Crippen LogP contribution < -0.4 is 10.9 Å². The smallest absolute Gasteiger partial charge is 0.261 e. The molecule has 26 heavy (non-hydrogen) atoms. The van der Waals surface area contributed by atoms with Gasteiger partial charge in [0.2, 0.25) is 5.91 Å². The van der Waals surface area contributed by atoms with Crippen molar-refractivity contribution < 1.29 is 4.79 Å². The van der Waals surface area contributed by atoms with Crippen LogP contribution in [0.25, 0.3) is 10.9 Å². The molecule has 0 aliphatic carbocycles. The normalized spacial score (nSPS) is 12.1. The number of rotatable bonds is 6. The maximum Gasteiger partial charge on any atom is 0.261 e. The van der Waals surface area contributed by atoms with Crippen molar-refractivity contribution in [1.82, 2.24) is 14.9 Å². The van der Waals surface area contributed by atoms with Crippen molar-refractivity contribution in [2.75, 3.05) is 0 Å². The molecular formula is C21H23N3O2. The minimum absolute atomic E-state index is 0.0371. The first kappa shape index (κ1) is 17.9. The van der Waals surface area contributed by atoms with Gasteiger partial charge in [0, 0.05) is 19.0 Å². The van der Waals surface area contributed by atoms with Crippen LogP contribution in [0.4, 0.5) is 0 Å². The molecule has 3 rings (SSSR count). The molecule has 1 heterocycles. The summed E-state index contributed by atoms with van der Waals surface area (Å²) >= 11 is 0. The Bertz CT molecular complexity index is 978. The second-order valence-corrected chi connectivity index (χ2v) is 6.61. The molecule has 1 unspecified atom stereocenters. The van der Waals surface area contributed by atoms with Crippen LogP contribution in [0.3, 0.4) is 0 Å². The maximum absolute atomic E-state index is 12.4. The molecule has 0 saturated carbocycles. The van der Waals surface area contributed by atoms with E-state index in [1.54, 1.807) is 12.1 Å². The third kappa shape index (κ3) is 4.17. The second kappa shape index (κ2) is 7.95. The highest BCUT2D eigenvalue weighted by Crippen LogP contribution is 2.10. The van der Waals surface area contributed by atoms with E-state index >= 15 is 0 Å². The van der Waals surface area contributed by atoms with Crippen LogP contribution in [0.2, 0.25) is 0 Å². The van der Waals surface area contributed by atoms with E-state index < -0.39 is 0 Å². The fourth-order valence-electron chi connectivity index (χ4n) is 3.05. The number of fused-ring (bicyclic) bond motifs is 1. The van der Waals surface area contributed by atoms with Gasteiger partial charge in [0.05, 0.1) is 17.2 Å². The molecule has 0 spiro atoms. The minimum atomic E-state index is -0.114. The standard InChI is InChI=1S/C21H23N3O2/c1-15-7-3-4-8-17(15)13-16(2)23-20(25)11-12-24-14-22-19-10-6-5-9-18(19)21(24)26/h3-10,14,16H,11-13H2,1-2H3,(H,23,25). The Morgan fingerprint density at radius 2 is 1.88 bits per heavy atom. The van der Waals surface area contributed by atoms with E-state index in [-0.39, 0.29) is 23.9 Å². The fourth-order valence-corrected chi connectivity index (χ4v) is 3.05. The summed E-state index contributed by atoms with van der Waals surface area (Å²) in [5.41, 5.74) is 3.01. The van der Waals surface area contributed by atoms with Gasteiger partial charge in [-0.05, 0) is 43.5 Å². The number of amides is 1. The summed E-state index contributed by atoms with van der Waals surface area (Å²) in [6.45, 7) is 4.39. The molecule has 5 heteroatoms. The zero-order valence-corrected chi connectivity index (χ0v) is 15.1. The summed E-state index contributed by atoms with van der Waals surface area (Å²) in [6, 6.07) is 15.4. The van der Waals surface area contributed by atoms with Crippen LogP contribution in [0.1, 0.15) is 24.5 Å². The first-order valence-corrected chi connectivity index (χ1v) is 8.82. The van der Waals surface area contributed by atoms with Gasteiger partial charge in [0.15, 0.2) is 0 Å². The van der Waals surface area contributed by atoms with Crippen molar-refractivity contribution in [3.63, 3.8) is 0 Å². The van der Waals surface area contributed by atoms with Crippen molar-refractivity contribution >= 4 is 16.8 Å². The van der Waals surface area contributed by atoms with Gasteiger partial charge in [-0.15, -0.1) is 0 Å². The Balaban J connectivity index is 1.58. The molecule has 0 fully saturated rings. The Labute approximate surface area is 152 Å². The van der Waals surface area contributed by atoms with Crippen LogP contribution in [-0.4, -0.2) is 21.5 Å². The summed E-state index contributed by atoms with van der Waals surface area (Å²) < 4.78 is 1.49. The Morgan fingerprint density at radius 3 is 2.69 bits per heavy atom. The van der Waals surface area contributed by atoms with Gasteiger partial charge < -0.3 is 5.32 Å². The van der Waals surface area contributed by atoms with E-state index in [4.69, 9.17) is 0 Å². The summed E-state index contributed by atoms with van der Waals surface area (Å²) in [5.74, 6) is -0.0638. The lowest BCUT2D eigenvalue weighted by molar-refractivity contribution is -0.121. The van der Waals surface area contributed by atoms with Crippen molar-refractivity contribution in [2.45, 2.75) is 39.3 Å². The van der Waals surface area contributed by atoms with Crippen molar-refractivity contribution in [1.29, 1.82) is 0 Å². The first-order chi connectivity index (χ1) is 12.5. The van der Waals surface area contributed by atoms with E-state index in [2.05, 4.69) is 29.4 Å². The van der Waals surface area contributed by atoms with E-state index in [1.165, 1.54) is 22.0 Å². The van der Waals surface area contributed by atoms with Crippen molar-refractivity contribution in [3.05, 3.63) is 76.3 Å². The highest BCUT2D eigenvalue weighted by atomic mass is 16.2. The van der Waals surface area contributed by atoms with Crippen LogP contribution in [0, 0.1) is 6.92 Å². The Morgan fingerprint density at radius 1 is 1.15 bits per heavy atom. The van der Waals surface area contributed by atoms with Gasteiger partial charge in [-0.1, -0.05) is 36.4 Å². The van der Waals surface area contributed by atoms with Gasteiger partial charge in [0.1, 0.15) is 0 Å². The first-order valence-electron chi connectivity index (χ1n) is 8.82. The molecule has 0 saturated heterocycles. The summed E-state index contributed by atoms with van der Waals surface area (Å²) in [5, 5.41) is 3.58. The molecule has 1 N–H and O–H groups in total. The maximum atomic E-state index is 12.4. The molecule has 0 bridgehead atoms. The predicted molar refractivity (Wildman–Crippen MR) is 103 cm³/mol. The van der Waals surface area contributed by atoms with Crippen LogP contribution in [0.15, 0.2) is 59.7 Å². The highest BCUT2D eigenvalue weighted by Gasteiger charge is 2.10. The number of hydrogen-bond donors (Lipinski definition) is 1. The van der Waals surface area contributed by atoms with E-state index in [9.17, 15) is 9.59 Å². The molecule has 2 aromatic carbocycles. The molecule has 0 aliphatic rings. The monoisotopic (exact) mass is 349 g/mol. The van der Waals surface area contributed by atoms with E-state index in [0.29, 0.717) is 17.4 Å². The quantitative estimate of drug-likeness (QED) is 0.744. The number of aromatic nitrogens is 2. The number of hydrogen-bond acceptors (Lipinski definition) is 3. The summed E-state index contributed by atoms with van der Waals surface area (Å²) in [6.07, 6.45) is 2.54. The number of carbonyl (C=O) groups excluding carboxylic acids is 1. The van der Waals surface area contributed by atoms with E-state index in [0.717, 1.165) is 6.42 Å². The van der Waals surface area contributed by atoms with Gasteiger partial charge in [-0.3, -0.25) is 14.2 Å². The fraction of sp³-hybridized carbons (Fsp3) is 0.286. The average Bonchev–Trinajstić information content (AvgIpc) is 2.63. The van der Waals surface area contributed by atoms with Gasteiger partial charge in [-0.25, -0.2) is 4.98 Å². The third-order valence-corrected chi connectivity index (χ3v) is 4.51. The zero-order chi connectivity index (χ0) is 18.5. The van der Waals surface area contributed by atoms with Crippen LogP contribution in [0.5, 0.6) is 0 Å². The molecule has 1 amide bonds. The molecular weight excluding hydrogens is 326 g/mol. The van der Waals surface area contributed by atoms with Crippen LogP contribution >= 0.6 is 0 Å². The largest absolute Gasteiger partial charge is 0.353 e. The lowest BCUT2D eigenvalue weighted by Crippen LogP contribution is -2.35. The average molecular weight is 349 g/mol. The number of nitrogens with one attached hydrogen (secondary N) is 1. The van der Waals surface area contributed by atoms with Gasteiger partial charge in [-0.2, -0.15) is 0 Å². The number of aryl methyl sites for hydroxylation is 2. The zero-order valence-electron chi connectivity index (χ0n) is 15.1. The van der Waals surface area contributed by atoms with Crippen molar-refractivity contribution in [2.24, 2.45) is 0 Å². The van der Waals surface area contributed by atoms with Crippen molar-refractivity contribution in [3.8, 4) is 0 Å². The molecule has 1 aromatic heterocycles.